The number of fused-ring (bicyclic) bond motifs is 4. The van der Waals surface area contributed by atoms with Crippen LogP contribution in [0.1, 0.15) is 37.8 Å². The van der Waals surface area contributed by atoms with Crippen LogP contribution in [-0.4, -0.2) is 35.0 Å². The average molecular weight is 434 g/mol. The van der Waals surface area contributed by atoms with Crippen molar-refractivity contribution in [2.75, 3.05) is 10.2 Å². The van der Waals surface area contributed by atoms with E-state index in [1.807, 2.05) is 18.2 Å². The van der Waals surface area contributed by atoms with Gasteiger partial charge in [0.05, 0.1) is 23.6 Å². The zero-order valence-corrected chi connectivity index (χ0v) is 18.2. The summed E-state index contributed by atoms with van der Waals surface area (Å²) < 4.78 is 0. The number of hydrogen-bond acceptors (Lipinski definition) is 5. The highest BCUT2D eigenvalue weighted by atomic mass is 16.3. The maximum absolute atomic E-state index is 13.7. The van der Waals surface area contributed by atoms with Gasteiger partial charge in [0.1, 0.15) is 5.54 Å². The molecule has 5 atom stereocenters. The van der Waals surface area contributed by atoms with Gasteiger partial charge in [-0.05, 0) is 43.5 Å². The SMILES string of the molecule is CCCCc1ccc(N2C(=O)[C@H]3[C@H]([C@@H](C)O)N[C@@]4(C(=O)Nc5ccccc54)[C@@H]3C2=O)cc1. The average Bonchev–Trinajstić information content (AvgIpc) is 3.38. The molecule has 3 amide bonds. The number of imide groups is 1. The van der Waals surface area contributed by atoms with Crippen LogP contribution in [0.4, 0.5) is 11.4 Å². The number of anilines is 2. The van der Waals surface area contributed by atoms with Gasteiger partial charge in [-0.1, -0.05) is 43.7 Å². The van der Waals surface area contributed by atoms with Gasteiger partial charge in [-0.2, -0.15) is 0 Å². The molecule has 0 aromatic heterocycles. The minimum atomic E-state index is -1.38. The number of amides is 3. The molecule has 32 heavy (non-hydrogen) atoms. The number of rotatable bonds is 5. The normalized spacial score (nSPS) is 29.4. The van der Waals surface area contributed by atoms with E-state index < -0.39 is 35.4 Å². The van der Waals surface area contributed by atoms with E-state index >= 15 is 0 Å². The van der Waals surface area contributed by atoms with E-state index in [0.717, 1.165) is 24.8 Å². The summed E-state index contributed by atoms with van der Waals surface area (Å²) in [5.74, 6) is -2.93. The molecule has 2 aromatic rings. The lowest BCUT2D eigenvalue weighted by atomic mass is 9.76. The molecule has 3 aliphatic heterocycles. The maximum Gasteiger partial charge on any atom is 0.250 e. The Kier molecular flexibility index (Phi) is 4.91. The molecule has 5 rings (SSSR count). The molecule has 166 valence electrons. The van der Waals surface area contributed by atoms with Gasteiger partial charge in [-0.15, -0.1) is 0 Å². The second-order valence-corrected chi connectivity index (χ2v) is 9.00. The molecule has 7 heteroatoms. The molecule has 3 N–H and O–H groups in total. The van der Waals surface area contributed by atoms with Crippen LogP contribution in [0.3, 0.4) is 0 Å². The largest absolute Gasteiger partial charge is 0.392 e. The Balaban J connectivity index is 1.58. The number of benzene rings is 2. The van der Waals surface area contributed by atoms with Crippen LogP contribution in [0, 0.1) is 11.8 Å². The van der Waals surface area contributed by atoms with E-state index in [9.17, 15) is 19.5 Å². The van der Waals surface area contributed by atoms with Crippen LogP contribution in [0.5, 0.6) is 0 Å². The van der Waals surface area contributed by atoms with Gasteiger partial charge < -0.3 is 10.4 Å². The van der Waals surface area contributed by atoms with E-state index in [-0.39, 0.29) is 11.8 Å². The number of hydrogen-bond donors (Lipinski definition) is 3. The summed E-state index contributed by atoms with van der Waals surface area (Å²) in [6, 6.07) is 13.9. The Morgan fingerprint density at radius 1 is 1.06 bits per heavy atom. The van der Waals surface area contributed by atoms with Gasteiger partial charge in [0.2, 0.25) is 17.7 Å². The molecule has 0 saturated carbocycles. The molecule has 2 saturated heterocycles. The summed E-state index contributed by atoms with van der Waals surface area (Å²) in [7, 11) is 0. The topological polar surface area (TPSA) is 98.7 Å². The predicted molar refractivity (Wildman–Crippen MR) is 120 cm³/mol. The van der Waals surface area contributed by atoms with E-state index in [4.69, 9.17) is 0 Å². The number of para-hydroxylation sites is 1. The smallest absolute Gasteiger partial charge is 0.250 e. The van der Waals surface area contributed by atoms with Crippen molar-refractivity contribution in [3.05, 3.63) is 59.7 Å². The first-order valence-corrected chi connectivity index (χ1v) is 11.2. The summed E-state index contributed by atoms with van der Waals surface area (Å²) in [6.07, 6.45) is 2.19. The Morgan fingerprint density at radius 2 is 1.78 bits per heavy atom. The molecular weight excluding hydrogens is 406 g/mol. The van der Waals surface area contributed by atoms with Crippen LogP contribution < -0.4 is 15.5 Å². The van der Waals surface area contributed by atoms with Gasteiger partial charge in [-0.25, -0.2) is 4.90 Å². The first kappa shape index (κ1) is 20.8. The minimum absolute atomic E-state index is 0.366. The lowest BCUT2D eigenvalue weighted by molar-refractivity contribution is -0.130. The van der Waals surface area contributed by atoms with Crippen molar-refractivity contribution < 1.29 is 19.5 Å². The summed E-state index contributed by atoms with van der Waals surface area (Å²) >= 11 is 0. The summed E-state index contributed by atoms with van der Waals surface area (Å²) in [5.41, 5.74) is 1.53. The molecule has 3 aliphatic rings. The molecule has 0 aliphatic carbocycles. The molecule has 2 fully saturated rings. The van der Waals surface area contributed by atoms with E-state index in [1.165, 1.54) is 4.90 Å². The molecule has 2 aromatic carbocycles. The van der Waals surface area contributed by atoms with E-state index in [2.05, 4.69) is 17.6 Å². The molecular formula is C25H27N3O4. The quantitative estimate of drug-likeness (QED) is 0.629. The van der Waals surface area contributed by atoms with Crippen LogP contribution in [0.15, 0.2) is 48.5 Å². The van der Waals surface area contributed by atoms with Crippen molar-refractivity contribution in [1.82, 2.24) is 5.32 Å². The third kappa shape index (κ3) is 2.77. The van der Waals surface area contributed by atoms with Gasteiger partial charge in [0.25, 0.3) is 0 Å². The van der Waals surface area contributed by atoms with Crippen molar-refractivity contribution in [2.45, 2.75) is 50.8 Å². The highest BCUT2D eigenvalue weighted by Crippen LogP contribution is 2.53. The first-order valence-electron chi connectivity index (χ1n) is 11.2. The van der Waals surface area contributed by atoms with Crippen molar-refractivity contribution in [1.29, 1.82) is 0 Å². The highest BCUT2D eigenvalue weighted by Gasteiger charge is 2.71. The van der Waals surface area contributed by atoms with Gasteiger partial charge in [0, 0.05) is 17.3 Å². The fraction of sp³-hybridized carbons (Fsp3) is 0.400. The Bertz CT molecular complexity index is 1100. The van der Waals surface area contributed by atoms with Crippen molar-refractivity contribution in [3.8, 4) is 0 Å². The number of nitrogens with one attached hydrogen (secondary N) is 2. The number of aryl methyl sites for hydroxylation is 1. The van der Waals surface area contributed by atoms with Gasteiger partial charge in [-0.3, -0.25) is 19.7 Å². The fourth-order valence-corrected chi connectivity index (χ4v) is 5.55. The molecule has 7 nitrogen and oxygen atoms in total. The molecule has 1 spiro atoms. The molecule has 0 radical (unpaired) electrons. The number of carbonyl (C=O) groups is 3. The Hall–Kier alpha value is -3.03. The first-order chi connectivity index (χ1) is 15.4. The summed E-state index contributed by atoms with van der Waals surface area (Å²) in [6.45, 7) is 3.71. The zero-order chi connectivity index (χ0) is 22.6. The number of aliphatic hydroxyl groups is 1. The van der Waals surface area contributed by atoms with Crippen LogP contribution >= 0.6 is 0 Å². The third-order valence-electron chi connectivity index (χ3n) is 7.09. The van der Waals surface area contributed by atoms with Gasteiger partial charge in [0.15, 0.2) is 0 Å². The van der Waals surface area contributed by atoms with Crippen molar-refractivity contribution >= 4 is 29.1 Å². The summed E-state index contributed by atoms with van der Waals surface area (Å²) in [5, 5.41) is 16.5. The summed E-state index contributed by atoms with van der Waals surface area (Å²) in [4.78, 5) is 41.8. The number of unbranched alkanes of at least 4 members (excludes halogenated alkanes) is 1. The maximum atomic E-state index is 13.7. The zero-order valence-electron chi connectivity index (χ0n) is 18.2. The minimum Gasteiger partial charge on any atom is -0.392 e. The van der Waals surface area contributed by atoms with Gasteiger partial charge >= 0.3 is 0 Å². The van der Waals surface area contributed by atoms with Crippen LogP contribution in [0.2, 0.25) is 0 Å². The van der Waals surface area contributed by atoms with Crippen molar-refractivity contribution in [3.63, 3.8) is 0 Å². The van der Waals surface area contributed by atoms with E-state index in [0.29, 0.717) is 16.9 Å². The number of carbonyl (C=O) groups excluding carboxylic acids is 3. The third-order valence-corrected chi connectivity index (χ3v) is 7.09. The Labute approximate surface area is 186 Å². The molecule has 0 unspecified atom stereocenters. The van der Waals surface area contributed by atoms with Crippen molar-refractivity contribution in [2.24, 2.45) is 11.8 Å². The Morgan fingerprint density at radius 3 is 2.47 bits per heavy atom. The number of aliphatic hydroxyl groups excluding tert-OH is 1. The monoisotopic (exact) mass is 433 g/mol. The van der Waals surface area contributed by atoms with E-state index in [1.54, 1.807) is 37.3 Å². The molecule has 3 heterocycles. The predicted octanol–water partition coefficient (Wildman–Crippen LogP) is 2.33. The van der Waals surface area contributed by atoms with Crippen LogP contribution in [-0.2, 0) is 26.3 Å². The fourth-order valence-electron chi connectivity index (χ4n) is 5.55. The highest BCUT2D eigenvalue weighted by molar-refractivity contribution is 6.25. The number of nitrogens with zero attached hydrogens (tertiary/aromatic N) is 1. The van der Waals surface area contributed by atoms with Crippen LogP contribution in [0.25, 0.3) is 0 Å². The second kappa shape index (κ2) is 7.53. The second-order valence-electron chi connectivity index (χ2n) is 9.00. The standard InChI is InChI=1S/C25H27N3O4/c1-3-4-7-15-10-12-16(13-11-15)28-22(30)19-20(23(28)31)25(27-21(19)14(2)29)17-8-5-6-9-18(17)26-24(25)32/h5-6,8-14,19-21,27,29H,3-4,7H2,1-2H3,(H,26,32)/t14-,19-,20+,21+,25-/m1/s1. The lowest BCUT2D eigenvalue weighted by Crippen LogP contribution is -2.54. The molecule has 0 bridgehead atoms. The lowest BCUT2D eigenvalue weighted by Gasteiger charge is -2.30.